The molecule has 1 aliphatic rings. The van der Waals surface area contributed by atoms with E-state index in [0.29, 0.717) is 0 Å². The second-order valence-electron chi connectivity index (χ2n) is 5.60. The van der Waals surface area contributed by atoms with Crippen LogP contribution in [0.2, 0.25) is 0 Å². The van der Waals surface area contributed by atoms with Crippen molar-refractivity contribution in [1.82, 2.24) is 10.6 Å². The van der Waals surface area contributed by atoms with E-state index in [1.165, 1.54) is 36.1 Å². The molecule has 0 saturated carbocycles. The van der Waals surface area contributed by atoms with Crippen LogP contribution < -0.4 is 10.6 Å². The minimum atomic E-state index is -0.0728. The summed E-state index contributed by atoms with van der Waals surface area (Å²) in [7, 11) is 0. The molecule has 1 aromatic carbocycles. The van der Waals surface area contributed by atoms with Gasteiger partial charge >= 0.3 is 0 Å². The van der Waals surface area contributed by atoms with Gasteiger partial charge in [-0.1, -0.05) is 37.1 Å². The molecule has 0 bridgehead atoms. The second-order valence-corrected chi connectivity index (χ2v) is 6.59. The zero-order valence-electron chi connectivity index (χ0n) is 12.9. The van der Waals surface area contributed by atoms with Crippen molar-refractivity contribution in [2.45, 2.75) is 44.7 Å². The maximum Gasteiger partial charge on any atom is 0.237 e. The van der Waals surface area contributed by atoms with Crippen LogP contribution in [0.3, 0.4) is 0 Å². The molecule has 0 fully saturated rings. The van der Waals surface area contributed by atoms with E-state index in [0.717, 1.165) is 25.9 Å². The minimum absolute atomic E-state index is 0.0728. The Morgan fingerprint density at radius 1 is 1.24 bits per heavy atom. The van der Waals surface area contributed by atoms with Crippen molar-refractivity contribution >= 4 is 17.7 Å². The summed E-state index contributed by atoms with van der Waals surface area (Å²) in [5.74, 6) is 1.39. The average molecular weight is 306 g/mol. The molecule has 4 heteroatoms. The van der Waals surface area contributed by atoms with Crippen LogP contribution in [0.25, 0.3) is 0 Å². The molecule has 0 radical (unpaired) electrons. The first-order chi connectivity index (χ1) is 10.3. The number of thioether (sulfide) groups is 1. The summed E-state index contributed by atoms with van der Waals surface area (Å²) in [6.07, 6.45) is 7.80. The van der Waals surface area contributed by atoms with E-state index >= 15 is 0 Å². The Morgan fingerprint density at radius 3 is 2.81 bits per heavy atom. The van der Waals surface area contributed by atoms with Crippen LogP contribution in [0.1, 0.15) is 36.8 Å². The summed E-state index contributed by atoms with van der Waals surface area (Å²) in [4.78, 5) is 12.2. The Labute approximate surface area is 132 Å². The monoisotopic (exact) mass is 306 g/mol. The Morgan fingerprint density at radius 2 is 2.00 bits per heavy atom. The number of amides is 1. The fourth-order valence-corrected chi connectivity index (χ4v) is 3.19. The highest BCUT2D eigenvalue weighted by Gasteiger charge is 2.23. The number of carbonyl (C=O) groups excluding carboxylic acids is 1. The summed E-state index contributed by atoms with van der Waals surface area (Å²) in [6.45, 7) is 1.60. The van der Waals surface area contributed by atoms with Gasteiger partial charge in [0.1, 0.15) is 0 Å². The van der Waals surface area contributed by atoms with Gasteiger partial charge in [-0.05, 0) is 42.4 Å². The number of carbonyl (C=O) groups is 1. The van der Waals surface area contributed by atoms with Gasteiger partial charge in [0, 0.05) is 13.1 Å². The first-order valence-electron chi connectivity index (χ1n) is 7.88. The molecule has 0 spiro atoms. The molecule has 1 atom stereocenters. The molecule has 1 aromatic rings. The van der Waals surface area contributed by atoms with Crippen LogP contribution in [0.4, 0.5) is 0 Å². The lowest BCUT2D eigenvalue weighted by molar-refractivity contribution is -0.123. The van der Waals surface area contributed by atoms with Crippen molar-refractivity contribution < 1.29 is 4.79 Å². The third kappa shape index (κ3) is 5.36. The lowest BCUT2D eigenvalue weighted by atomic mass is 9.95. The Bertz CT molecular complexity index is 450. The minimum Gasteiger partial charge on any atom is -0.355 e. The van der Waals surface area contributed by atoms with Gasteiger partial charge in [-0.15, -0.1) is 0 Å². The Kier molecular flexibility index (Phi) is 7.10. The smallest absolute Gasteiger partial charge is 0.237 e. The molecule has 1 heterocycles. The Balaban J connectivity index is 1.64. The predicted octanol–water partition coefficient (Wildman–Crippen LogP) is 2.74. The van der Waals surface area contributed by atoms with E-state index in [1.54, 1.807) is 0 Å². The fourth-order valence-electron chi connectivity index (χ4n) is 2.70. The number of hydrogen-bond donors (Lipinski definition) is 2. The summed E-state index contributed by atoms with van der Waals surface area (Å²) >= 11 is 1.91. The molecule has 116 valence electrons. The lowest BCUT2D eigenvalue weighted by Crippen LogP contribution is -2.47. The SMILES string of the molecule is CSCCCCCCNC(=O)[C@@H]1Cc2ccccc2CN1. The molecule has 3 nitrogen and oxygen atoms in total. The average Bonchev–Trinajstić information content (AvgIpc) is 2.53. The first kappa shape index (κ1) is 16.4. The number of hydrogen-bond acceptors (Lipinski definition) is 3. The van der Waals surface area contributed by atoms with Crippen molar-refractivity contribution in [3.63, 3.8) is 0 Å². The highest BCUT2D eigenvalue weighted by Crippen LogP contribution is 2.16. The van der Waals surface area contributed by atoms with E-state index in [4.69, 9.17) is 0 Å². The second kappa shape index (κ2) is 9.11. The molecule has 2 rings (SSSR count). The fraction of sp³-hybridized carbons (Fsp3) is 0.588. The van der Waals surface area contributed by atoms with E-state index in [-0.39, 0.29) is 11.9 Å². The van der Waals surface area contributed by atoms with Crippen LogP contribution in [-0.2, 0) is 17.8 Å². The molecule has 0 saturated heterocycles. The summed E-state index contributed by atoms with van der Waals surface area (Å²) < 4.78 is 0. The van der Waals surface area contributed by atoms with Crippen molar-refractivity contribution in [2.75, 3.05) is 18.6 Å². The number of rotatable bonds is 8. The van der Waals surface area contributed by atoms with Gasteiger partial charge in [-0.25, -0.2) is 0 Å². The standard InChI is InChI=1S/C17H26N2OS/c1-21-11-7-3-2-6-10-18-17(20)16-12-14-8-4-5-9-15(14)13-19-16/h4-5,8-9,16,19H,2-3,6-7,10-13H2,1H3,(H,18,20)/t16-/m0/s1. The Hall–Kier alpha value is -1.00. The van der Waals surface area contributed by atoms with Crippen LogP contribution in [0.15, 0.2) is 24.3 Å². The van der Waals surface area contributed by atoms with Crippen LogP contribution in [-0.4, -0.2) is 30.5 Å². The molecule has 1 aliphatic heterocycles. The largest absolute Gasteiger partial charge is 0.355 e. The highest BCUT2D eigenvalue weighted by atomic mass is 32.2. The van der Waals surface area contributed by atoms with Gasteiger partial charge in [-0.3, -0.25) is 4.79 Å². The zero-order valence-corrected chi connectivity index (χ0v) is 13.7. The molecule has 21 heavy (non-hydrogen) atoms. The normalized spacial score (nSPS) is 17.3. The molecular formula is C17H26N2OS. The maximum atomic E-state index is 12.2. The van der Waals surface area contributed by atoms with Crippen molar-refractivity contribution in [3.8, 4) is 0 Å². The number of benzene rings is 1. The van der Waals surface area contributed by atoms with E-state index < -0.39 is 0 Å². The third-order valence-corrected chi connectivity index (χ3v) is 4.67. The van der Waals surface area contributed by atoms with Crippen molar-refractivity contribution in [1.29, 1.82) is 0 Å². The predicted molar refractivity (Wildman–Crippen MR) is 90.6 cm³/mol. The zero-order chi connectivity index (χ0) is 14.9. The summed E-state index contributed by atoms with van der Waals surface area (Å²) in [5, 5.41) is 6.40. The molecule has 0 unspecified atom stereocenters. The van der Waals surface area contributed by atoms with Gasteiger partial charge in [0.25, 0.3) is 0 Å². The molecule has 1 amide bonds. The van der Waals surface area contributed by atoms with Gasteiger partial charge in [0.2, 0.25) is 5.91 Å². The third-order valence-electron chi connectivity index (χ3n) is 3.97. The number of fused-ring (bicyclic) bond motifs is 1. The number of nitrogens with one attached hydrogen (secondary N) is 2. The van der Waals surface area contributed by atoms with Crippen LogP contribution in [0, 0.1) is 0 Å². The summed E-state index contributed by atoms with van der Waals surface area (Å²) in [5.41, 5.74) is 2.61. The highest BCUT2D eigenvalue weighted by molar-refractivity contribution is 7.98. The maximum absolute atomic E-state index is 12.2. The summed E-state index contributed by atoms with van der Waals surface area (Å²) in [6, 6.07) is 8.29. The van der Waals surface area contributed by atoms with E-state index in [1.807, 2.05) is 17.8 Å². The van der Waals surface area contributed by atoms with Gasteiger partial charge in [-0.2, -0.15) is 11.8 Å². The van der Waals surface area contributed by atoms with Gasteiger partial charge in [0.15, 0.2) is 0 Å². The van der Waals surface area contributed by atoms with E-state index in [2.05, 4.69) is 35.1 Å². The topological polar surface area (TPSA) is 41.1 Å². The molecule has 2 N–H and O–H groups in total. The van der Waals surface area contributed by atoms with Crippen LogP contribution >= 0.6 is 11.8 Å². The van der Waals surface area contributed by atoms with Crippen molar-refractivity contribution in [2.24, 2.45) is 0 Å². The number of unbranched alkanes of at least 4 members (excludes halogenated alkanes) is 3. The van der Waals surface area contributed by atoms with Gasteiger partial charge in [0.05, 0.1) is 6.04 Å². The molecular weight excluding hydrogens is 280 g/mol. The van der Waals surface area contributed by atoms with Crippen molar-refractivity contribution in [3.05, 3.63) is 35.4 Å². The molecule has 0 aromatic heterocycles. The molecule has 0 aliphatic carbocycles. The van der Waals surface area contributed by atoms with Gasteiger partial charge < -0.3 is 10.6 Å². The van der Waals surface area contributed by atoms with Crippen LogP contribution in [0.5, 0.6) is 0 Å². The quantitative estimate of drug-likeness (QED) is 0.726. The lowest BCUT2D eigenvalue weighted by Gasteiger charge is -2.25. The van der Waals surface area contributed by atoms with E-state index in [9.17, 15) is 4.79 Å². The first-order valence-corrected chi connectivity index (χ1v) is 9.27.